The molecule has 0 aromatic carbocycles. The lowest BCUT2D eigenvalue weighted by Crippen LogP contribution is -2.38. The van der Waals surface area contributed by atoms with Crippen molar-refractivity contribution in [1.29, 1.82) is 0 Å². The molecule has 1 aromatic heterocycles. The van der Waals surface area contributed by atoms with E-state index >= 15 is 0 Å². The third-order valence-electron chi connectivity index (χ3n) is 2.81. The van der Waals surface area contributed by atoms with E-state index < -0.39 is 12.5 Å². The summed E-state index contributed by atoms with van der Waals surface area (Å²) in [7, 11) is 0. The Balaban J connectivity index is 2.09. The molecule has 21 heavy (non-hydrogen) atoms. The number of nitrogens with two attached hydrogens (primary N) is 1. The molecule has 0 aliphatic carbocycles. The first-order valence-electron chi connectivity index (χ1n) is 6.35. The summed E-state index contributed by atoms with van der Waals surface area (Å²) in [5.41, 5.74) is 2.29. The topological polar surface area (TPSA) is 121 Å². The Labute approximate surface area is 119 Å². The number of aliphatic hydroxyl groups is 1. The van der Waals surface area contributed by atoms with Crippen LogP contribution in [0.2, 0.25) is 0 Å². The number of aliphatic hydroxyl groups excluding tert-OH is 1. The Morgan fingerprint density at radius 1 is 1.24 bits per heavy atom. The SMILES string of the molecule is NNc1nc(NCC(O)C(F)F)nc(N2CCOCC2)n1. The van der Waals surface area contributed by atoms with Crippen LogP contribution in [0.3, 0.4) is 0 Å². The van der Waals surface area contributed by atoms with Gasteiger partial charge in [-0.05, 0) is 0 Å². The lowest BCUT2D eigenvalue weighted by Gasteiger charge is -2.27. The highest BCUT2D eigenvalue weighted by atomic mass is 19.3. The normalized spacial score (nSPS) is 16.9. The maximum absolute atomic E-state index is 12.2. The average molecular weight is 305 g/mol. The van der Waals surface area contributed by atoms with Crippen LogP contribution in [0, 0.1) is 0 Å². The minimum atomic E-state index is -2.84. The van der Waals surface area contributed by atoms with Gasteiger partial charge in [0.05, 0.1) is 13.2 Å². The molecule has 2 rings (SSSR count). The quantitative estimate of drug-likeness (QED) is 0.388. The Hall–Kier alpha value is -1.85. The van der Waals surface area contributed by atoms with Gasteiger partial charge in [-0.15, -0.1) is 0 Å². The molecule has 1 aliphatic rings. The number of nitrogens with zero attached hydrogens (tertiary/aromatic N) is 4. The van der Waals surface area contributed by atoms with E-state index in [0.717, 1.165) is 0 Å². The number of nitrogens with one attached hydrogen (secondary N) is 2. The number of anilines is 3. The third-order valence-corrected chi connectivity index (χ3v) is 2.81. The van der Waals surface area contributed by atoms with Crippen LogP contribution in [0.4, 0.5) is 26.6 Å². The second kappa shape index (κ2) is 7.24. The van der Waals surface area contributed by atoms with E-state index in [2.05, 4.69) is 25.7 Å². The van der Waals surface area contributed by atoms with Crippen LogP contribution in [0.1, 0.15) is 0 Å². The second-order valence-corrected chi connectivity index (χ2v) is 4.31. The number of ether oxygens (including phenoxy) is 1. The number of rotatable bonds is 6. The predicted molar refractivity (Wildman–Crippen MR) is 71.2 cm³/mol. The summed E-state index contributed by atoms with van der Waals surface area (Å²) >= 11 is 0. The molecule has 1 unspecified atom stereocenters. The van der Waals surface area contributed by atoms with E-state index in [1.54, 1.807) is 0 Å². The van der Waals surface area contributed by atoms with Gasteiger partial charge in [-0.1, -0.05) is 0 Å². The monoisotopic (exact) mass is 305 g/mol. The van der Waals surface area contributed by atoms with Crippen LogP contribution in [0.5, 0.6) is 0 Å². The fourth-order valence-corrected chi connectivity index (χ4v) is 1.70. The molecule has 0 amide bonds. The van der Waals surface area contributed by atoms with Crippen molar-refractivity contribution in [2.45, 2.75) is 12.5 Å². The van der Waals surface area contributed by atoms with Crippen LogP contribution in [-0.2, 0) is 4.74 Å². The number of halogens is 2. The van der Waals surface area contributed by atoms with Crippen molar-refractivity contribution in [1.82, 2.24) is 15.0 Å². The largest absolute Gasteiger partial charge is 0.385 e. The van der Waals surface area contributed by atoms with Crippen molar-refractivity contribution in [3.8, 4) is 0 Å². The molecule has 0 spiro atoms. The number of aromatic nitrogens is 3. The van der Waals surface area contributed by atoms with Crippen molar-refractivity contribution < 1.29 is 18.6 Å². The summed E-state index contributed by atoms with van der Waals surface area (Å²) in [6, 6.07) is 0. The molecule has 1 atom stereocenters. The molecule has 0 radical (unpaired) electrons. The molecule has 118 valence electrons. The van der Waals surface area contributed by atoms with Crippen LogP contribution in [0.15, 0.2) is 0 Å². The lowest BCUT2D eigenvalue weighted by molar-refractivity contribution is 0.00376. The molecule has 11 heteroatoms. The van der Waals surface area contributed by atoms with Gasteiger partial charge in [-0.3, -0.25) is 5.43 Å². The van der Waals surface area contributed by atoms with Gasteiger partial charge in [0.2, 0.25) is 17.8 Å². The second-order valence-electron chi connectivity index (χ2n) is 4.31. The minimum absolute atomic E-state index is 0.0548. The van der Waals surface area contributed by atoms with Gasteiger partial charge in [0.25, 0.3) is 6.43 Å². The van der Waals surface area contributed by atoms with Gasteiger partial charge in [0.1, 0.15) is 6.10 Å². The van der Waals surface area contributed by atoms with Gasteiger partial charge in [-0.25, -0.2) is 14.6 Å². The van der Waals surface area contributed by atoms with Crippen molar-refractivity contribution >= 4 is 17.8 Å². The van der Waals surface area contributed by atoms with E-state index in [0.29, 0.717) is 32.3 Å². The fraction of sp³-hybridized carbons (Fsp3) is 0.700. The highest BCUT2D eigenvalue weighted by Gasteiger charge is 2.19. The highest BCUT2D eigenvalue weighted by Crippen LogP contribution is 2.14. The molecule has 0 bridgehead atoms. The fourth-order valence-electron chi connectivity index (χ4n) is 1.70. The zero-order valence-electron chi connectivity index (χ0n) is 11.2. The molecule has 1 saturated heterocycles. The van der Waals surface area contributed by atoms with E-state index in [-0.39, 0.29) is 18.4 Å². The summed E-state index contributed by atoms with van der Waals surface area (Å²) in [5, 5.41) is 11.6. The van der Waals surface area contributed by atoms with Crippen LogP contribution in [0.25, 0.3) is 0 Å². The average Bonchev–Trinajstić information content (AvgIpc) is 2.52. The first kappa shape index (κ1) is 15.5. The zero-order valence-corrected chi connectivity index (χ0v) is 11.2. The van der Waals surface area contributed by atoms with Gasteiger partial charge in [-0.2, -0.15) is 15.0 Å². The maximum Gasteiger partial charge on any atom is 0.265 e. The molecule has 1 fully saturated rings. The summed E-state index contributed by atoms with van der Waals surface area (Å²) in [5.74, 6) is 5.79. The van der Waals surface area contributed by atoms with E-state index in [9.17, 15) is 8.78 Å². The van der Waals surface area contributed by atoms with Gasteiger partial charge in [0.15, 0.2) is 0 Å². The van der Waals surface area contributed by atoms with Crippen molar-refractivity contribution in [3.63, 3.8) is 0 Å². The van der Waals surface area contributed by atoms with Gasteiger partial charge >= 0.3 is 0 Å². The summed E-state index contributed by atoms with van der Waals surface area (Å²) < 4.78 is 29.7. The number of alkyl halides is 2. The van der Waals surface area contributed by atoms with Crippen molar-refractivity contribution in [3.05, 3.63) is 0 Å². The summed E-state index contributed by atoms with van der Waals surface area (Å²) in [6.45, 7) is 1.92. The molecule has 0 saturated carbocycles. The van der Waals surface area contributed by atoms with Crippen LogP contribution < -0.4 is 21.5 Å². The molecule has 2 heterocycles. The number of hydrazine groups is 1. The summed E-state index contributed by atoms with van der Waals surface area (Å²) in [6.07, 6.45) is -4.65. The zero-order chi connectivity index (χ0) is 15.2. The van der Waals surface area contributed by atoms with E-state index in [1.807, 2.05) is 4.90 Å². The third kappa shape index (κ3) is 4.31. The Kier molecular flexibility index (Phi) is 5.36. The van der Waals surface area contributed by atoms with Crippen LogP contribution in [-0.4, -0.2) is 65.4 Å². The lowest BCUT2D eigenvalue weighted by atomic mass is 10.4. The molecule has 1 aromatic rings. The number of morpholine rings is 1. The number of hydrogen-bond donors (Lipinski definition) is 4. The first-order chi connectivity index (χ1) is 10.1. The number of hydrogen-bond acceptors (Lipinski definition) is 9. The highest BCUT2D eigenvalue weighted by molar-refractivity contribution is 5.43. The Morgan fingerprint density at radius 2 is 1.90 bits per heavy atom. The van der Waals surface area contributed by atoms with E-state index in [1.165, 1.54) is 0 Å². The summed E-state index contributed by atoms with van der Waals surface area (Å²) in [4.78, 5) is 14.0. The maximum atomic E-state index is 12.2. The minimum Gasteiger partial charge on any atom is -0.385 e. The van der Waals surface area contributed by atoms with Gasteiger partial charge < -0.3 is 20.1 Å². The standard InChI is InChI=1S/C10H17F2N7O2/c11-7(12)6(20)5-14-8-15-9(18-13)17-10(16-8)19-1-3-21-4-2-19/h6-7,20H,1-5,13H2,(H2,14,15,16,17,18). The van der Waals surface area contributed by atoms with Crippen molar-refractivity contribution in [2.75, 3.05) is 48.5 Å². The molecule has 1 aliphatic heterocycles. The number of nitrogen functional groups attached to an aromatic ring is 1. The predicted octanol–water partition coefficient (Wildman–Crippen LogP) is -0.968. The van der Waals surface area contributed by atoms with Crippen molar-refractivity contribution in [2.24, 2.45) is 5.84 Å². The Bertz CT molecular complexity index is 459. The van der Waals surface area contributed by atoms with Crippen LogP contribution >= 0.6 is 0 Å². The van der Waals surface area contributed by atoms with Gasteiger partial charge in [0, 0.05) is 19.6 Å². The van der Waals surface area contributed by atoms with E-state index in [4.69, 9.17) is 15.7 Å². The molecular weight excluding hydrogens is 288 g/mol. The smallest absolute Gasteiger partial charge is 0.265 e. The molecule has 9 nitrogen and oxygen atoms in total. The molecular formula is C10H17F2N7O2. The molecule has 5 N–H and O–H groups in total. The first-order valence-corrected chi connectivity index (χ1v) is 6.35. The Morgan fingerprint density at radius 3 is 2.52 bits per heavy atom.